The van der Waals surface area contributed by atoms with Crippen LogP contribution in [0.2, 0.25) is 0 Å². The average molecular weight is 251 g/mol. The summed E-state index contributed by atoms with van der Waals surface area (Å²) in [7, 11) is 1.81. The highest BCUT2D eigenvalue weighted by atomic mass is 16.3. The minimum absolute atomic E-state index is 0.244. The maximum atomic E-state index is 11.7. The highest BCUT2D eigenvalue weighted by Gasteiger charge is 2.35. The molecule has 5 heteroatoms. The van der Waals surface area contributed by atoms with Crippen LogP contribution in [0.25, 0.3) is 6.08 Å². The van der Waals surface area contributed by atoms with Gasteiger partial charge in [-0.3, -0.25) is 9.48 Å². The van der Waals surface area contributed by atoms with Crippen LogP contribution in [0.4, 0.5) is 0 Å². The summed E-state index contributed by atoms with van der Waals surface area (Å²) in [4.78, 5) is 11.7. The molecule has 5 nitrogen and oxygen atoms in total. The van der Waals surface area contributed by atoms with E-state index in [2.05, 4.69) is 10.4 Å². The van der Waals surface area contributed by atoms with E-state index in [4.69, 9.17) is 0 Å². The van der Waals surface area contributed by atoms with Crippen molar-refractivity contribution >= 4 is 12.0 Å². The first-order valence-electron chi connectivity index (χ1n) is 5.83. The number of aryl methyl sites for hydroxylation is 1. The summed E-state index contributed by atoms with van der Waals surface area (Å²) < 4.78 is 1.67. The van der Waals surface area contributed by atoms with Crippen molar-refractivity contribution in [2.75, 3.05) is 0 Å². The number of amides is 1. The van der Waals surface area contributed by atoms with Crippen molar-refractivity contribution in [2.45, 2.75) is 38.8 Å². The van der Waals surface area contributed by atoms with Crippen LogP contribution in [-0.4, -0.2) is 31.9 Å². The molecule has 1 amide bonds. The van der Waals surface area contributed by atoms with Gasteiger partial charge in [-0.05, 0) is 33.8 Å². The van der Waals surface area contributed by atoms with Crippen molar-refractivity contribution < 1.29 is 9.90 Å². The van der Waals surface area contributed by atoms with Gasteiger partial charge in [-0.1, -0.05) is 0 Å². The first kappa shape index (κ1) is 14.4. The van der Waals surface area contributed by atoms with E-state index in [1.807, 2.05) is 13.2 Å². The van der Waals surface area contributed by atoms with Gasteiger partial charge in [-0.15, -0.1) is 0 Å². The Kier molecular flexibility index (Phi) is 3.96. The maximum absolute atomic E-state index is 11.7. The number of carbonyl (C=O) groups excluding carboxylic acids is 1. The molecule has 1 heterocycles. The minimum atomic E-state index is -0.995. The first-order chi connectivity index (χ1) is 8.12. The second-order valence-electron chi connectivity index (χ2n) is 5.45. The summed E-state index contributed by atoms with van der Waals surface area (Å²) in [5.41, 5.74) is -0.845. The Balaban J connectivity index is 2.65. The summed E-state index contributed by atoms with van der Waals surface area (Å²) >= 11 is 0. The van der Waals surface area contributed by atoms with Gasteiger partial charge in [0.25, 0.3) is 0 Å². The Bertz CT molecular complexity index is 453. The number of nitrogens with zero attached hydrogens (tertiary/aromatic N) is 2. The molecule has 0 unspecified atom stereocenters. The molecule has 0 atom stereocenters. The number of carbonyl (C=O) groups is 1. The Hall–Kier alpha value is -1.62. The summed E-state index contributed by atoms with van der Waals surface area (Å²) in [5.74, 6) is -0.244. The Morgan fingerprint density at radius 2 is 2.06 bits per heavy atom. The molecule has 0 saturated carbocycles. The fourth-order valence-corrected chi connectivity index (χ4v) is 1.20. The number of hydrogen-bond donors (Lipinski definition) is 2. The van der Waals surface area contributed by atoms with Crippen LogP contribution in [0.1, 0.15) is 33.3 Å². The SMILES string of the molecule is Cn1cc(/C=C/C(=O)NC(C)(C)C(C)(C)O)cn1. The van der Waals surface area contributed by atoms with Crippen LogP contribution in [0.15, 0.2) is 18.5 Å². The standard InChI is InChI=1S/C13H21N3O2/c1-12(2,13(3,4)18)15-11(17)7-6-10-8-14-16(5)9-10/h6-9,18H,1-5H3,(H,15,17)/b7-6+. The lowest BCUT2D eigenvalue weighted by molar-refractivity contribution is -0.121. The summed E-state index contributed by atoms with van der Waals surface area (Å²) in [6.07, 6.45) is 6.60. The van der Waals surface area contributed by atoms with Crippen LogP contribution in [-0.2, 0) is 11.8 Å². The van der Waals surface area contributed by atoms with Crippen LogP contribution in [0.5, 0.6) is 0 Å². The summed E-state index contributed by atoms with van der Waals surface area (Å²) in [5, 5.41) is 16.7. The molecule has 0 spiro atoms. The van der Waals surface area contributed by atoms with E-state index in [1.54, 1.807) is 44.6 Å². The van der Waals surface area contributed by atoms with Crippen molar-refractivity contribution in [3.63, 3.8) is 0 Å². The lowest BCUT2D eigenvalue weighted by atomic mass is 9.86. The molecule has 18 heavy (non-hydrogen) atoms. The molecule has 1 aromatic heterocycles. The van der Waals surface area contributed by atoms with Crippen molar-refractivity contribution in [3.05, 3.63) is 24.0 Å². The van der Waals surface area contributed by atoms with E-state index in [9.17, 15) is 9.90 Å². The molecule has 1 rings (SSSR count). The van der Waals surface area contributed by atoms with Crippen molar-refractivity contribution in [2.24, 2.45) is 7.05 Å². The van der Waals surface area contributed by atoms with E-state index >= 15 is 0 Å². The number of aliphatic hydroxyl groups is 1. The molecular weight excluding hydrogens is 230 g/mol. The third-order valence-electron chi connectivity index (χ3n) is 3.12. The van der Waals surface area contributed by atoms with Gasteiger partial charge < -0.3 is 10.4 Å². The smallest absolute Gasteiger partial charge is 0.244 e. The van der Waals surface area contributed by atoms with Gasteiger partial charge in [0.15, 0.2) is 0 Å². The summed E-state index contributed by atoms with van der Waals surface area (Å²) in [6.45, 7) is 6.89. The van der Waals surface area contributed by atoms with Gasteiger partial charge >= 0.3 is 0 Å². The molecule has 100 valence electrons. The molecule has 0 saturated heterocycles. The van der Waals surface area contributed by atoms with Gasteiger partial charge in [0, 0.05) is 24.9 Å². The molecule has 1 aromatic rings. The van der Waals surface area contributed by atoms with Crippen LogP contribution in [0.3, 0.4) is 0 Å². The lowest BCUT2D eigenvalue weighted by Gasteiger charge is -2.37. The lowest BCUT2D eigenvalue weighted by Crippen LogP contribution is -2.57. The predicted octanol–water partition coefficient (Wildman–Crippen LogP) is 1.10. The molecule has 0 bridgehead atoms. The zero-order valence-electron chi connectivity index (χ0n) is 11.6. The topological polar surface area (TPSA) is 67.2 Å². The van der Waals surface area contributed by atoms with Gasteiger partial charge in [-0.2, -0.15) is 5.10 Å². The molecular formula is C13H21N3O2. The monoisotopic (exact) mass is 251 g/mol. The molecule has 2 N–H and O–H groups in total. The molecule has 0 aromatic carbocycles. The molecule has 0 radical (unpaired) electrons. The zero-order chi connectivity index (χ0) is 14.0. The predicted molar refractivity (Wildman–Crippen MR) is 70.8 cm³/mol. The normalized spacial score (nSPS) is 13.0. The molecule has 0 aliphatic carbocycles. The van der Waals surface area contributed by atoms with E-state index in [0.29, 0.717) is 0 Å². The van der Waals surface area contributed by atoms with E-state index in [1.165, 1.54) is 6.08 Å². The highest BCUT2D eigenvalue weighted by Crippen LogP contribution is 2.20. The number of aromatic nitrogens is 2. The Morgan fingerprint density at radius 1 is 1.44 bits per heavy atom. The zero-order valence-corrected chi connectivity index (χ0v) is 11.6. The van der Waals surface area contributed by atoms with Crippen molar-refractivity contribution in [1.82, 2.24) is 15.1 Å². The fraction of sp³-hybridized carbons (Fsp3) is 0.538. The number of rotatable bonds is 4. The van der Waals surface area contributed by atoms with Crippen molar-refractivity contribution in [3.8, 4) is 0 Å². The average Bonchev–Trinajstić information content (AvgIpc) is 2.59. The first-order valence-corrected chi connectivity index (χ1v) is 5.83. The Morgan fingerprint density at radius 3 is 2.50 bits per heavy atom. The highest BCUT2D eigenvalue weighted by molar-refractivity contribution is 5.92. The van der Waals surface area contributed by atoms with Crippen LogP contribution in [0, 0.1) is 0 Å². The van der Waals surface area contributed by atoms with Crippen LogP contribution < -0.4 is 5.32 Å². The van der Waals surface area contributed by atoms with Gasteiger partial charge in [0.05, 0.1) is 17.3 Å². The van der Waals surface area contributed by atoms with Gasteiger partial charge in [-0.25, -0.2) is 0 Å². The van der Waals surface area contributed by atoms with Crippen molar-refractivity contribution in [1.29, 1.82) is 0 Å². The quantitative estimate of drug-likeness (QED) is 0.787. The molecule has 0 aliphatic heterocycles. The largest absolute Gasteiger partial charge is 0.388 e. The van der Waals surface area contributed by atoms with E-state index in [-0.39, 0.29) is 5.91 Å². The molecule has 0 aliphatic rings. The maximum Gasteiger partial charge on any atom is 0.244 e. The minimum Gasteiger partial charge on any atom is -0.388 e. The second-order valence-corrected chi connectivity index (χ2v) is 5.45. The number of hydrogen-bond acceptors (Lipinski definition) is 3. The van der Waals surface area contributed by atoms with E-state index < -0.39 is 11.1 Å². The fourth-order valence-electron chi connectivity index (χ4n) is 1.20. The molecule has 0 fully saturated rings. The van der Waals surface area contributed by atoms with Gasteiger partial charge in [0.1, 0.15) is 0 Å². The Labute approximate surface area is 108 Å². The number of nitrogens with one attached hydrogen (secondary N) is 1. The third-order valence-corrected chi connectivity index (χ3v) is 3.12. The van der Waals surface area contributed by atoms with Gasteiger partial charge in [0.2, 0.25) is 5.91 Å². The second kappa shape index (κ2) is 4.94. The van der Waals surface area contributed by atoms with E-state index in [0.717, 1.165) is 5.56 Å². The van der Waals surface area contributed by atoms with Crippen LogP contribution >= 0.6 is 0 Å². The summed E-state index contributed by atoms with van der Waals surface area (Å²) in [6, 6.07) is 0. The third kappa shape index (κ3) is 3.70.